The van der Waals surface area contributed by atoms with Gasteiger partial charge in [-0.3, -0.25) is 0 Å². The van der Waals surface area contributed by atoms with Crippen LogP contribution in [0.2, 0.25) is 67.5 Å². The lowest BCUT2D eigenvalue weighted by atomic mass is 10.2. The standard InChI is InChI=1S/C17H41Si3/c1-12-13-19(8,9)15-17(4,5)20(10,11)14-16(2,3)18(6)7/h12-15H2,1-11H3. The summed E-state index contributed by atoms with van der Waals surface area (Å²) in [5.74, 6) is 0. The average Bonchev–Trinajstić information content (AvgIpc) is 2.12. The molecule has 0 unspecified atom stereocenters. The highest BCUT2D eigenvalue weighted by atomic mass is 28.3. The minimum Gasteiger partial charge on any atom is -0.0709 e. The van der Waals surface area contributed by atoms with E-state index in [2.05, 4.69) is 73.9 Å². The summed E-state index contributed by atoms with van der Waals surface area (Å²) in [5, 5.41) is 1.18. The maximum absolute atomic E-state index is 2.66. The average molecular weight is 330 g/mol. The molecule has 0 bridgehead atoms. The van der Waals surface area contributed by atoms with Crippen molar-refractivity contribution in [2.75, 3.05) is 0 Å². The van der Waals surface area contributed by atoms with Crippen molar-refractivity contribution in [3.63, 3.8) is 0 Å². The molecule has 20 heavy (non-hydrogen) atoms. The molecule has 3 heteroatoms. The van der Waals surface area contributed by atoms with E-state index in [1.54, 1.807) is 0 Å². The molecule has 0 aliphatic heterocycles. The fraction of sp³-hybridized carbons (Fsp3) is 1.00. The van der Waals surface area contributed by atoms with Gasteiger partial charge in [-0.2, -0.15) is 0 Å². The Morgan fingerprint density at radius 3 is 1.65 bits per heavy atom. The zero-order chi connectivity index (χ0) is 16.4. The lowest BCUT2D eigenvalue weighted by Crippen LogP contribution is -2.46. The van der Waals surface area contributed by atoms with E-state index in [1.807, 2.05) is 0 Å². The molecule has 0 saturated heterocycles. The summed E-state index contributed by atoms with van der Waals surface area (Å²) in [5.41, 5.74) is 0. The molecule has 0 amide bonds. The Bertz CT molecular complexity index is 301. The van der Waals surface area contributed by atoms with Gasteiger partial charge in [-0.25, -0.2) is 0 Å². The molecule has 0 fully saturated rings. The first-order chi connectivity index (χ1) is 8.67. The second kappa shape index (κ2) is 6.82. The first kappa shape index (κ1) is 20.7. The first-order valence-electron chi connectivity index (χ1n) is 8.47. The van der Waals surface area contributed by atoms with Gasteiger partial charge in [0.25, 0.3) is 0 Å². The third kappa shape index (κ3) is 5.80. The van der Waals surface area contributed by atoms with E-state index in [9.17, 15) is 0 Å². The van der Waals surface area contributed by atoms with Crippen LogP contribution in [0.3, 0.4) is 0 Å². The van der Waals surface area contributed by atoms with Crippen molar-refractivity contribution in [3.8, 4) is 0 Å². The highest BCUT2D eigenvalue weighted by Gasteiger charge is 2.45. The highest BCUT2D eigenvalue weighted by molar-refractivity contribution is 6.85. The van der Waals surface area contributed by atoms with Crippen molar-refractivity contribution in [1.29, 1.82) is 0 Å². The van der Waals surface area contributed by atoms with Crippen LogP contribution in [0.4, 0.5) is 0 Å². The van der Waals surface area contributed by atoms with E-state index in [0.717, 1.165) is 0 Å². The van der Waals surface area contributed by atoms with Crippen LogP contribution in [0, 0.1) is 0 Å². The fourth-order valence-corrected chi connectivity index (χ4v) is 16.4. The van der Waals surface area contributed by atoms with Gasteiger partial charge in [0, 0.05) is 16.9 Å². The SMILES string of the molecule is CCC[Si](C)(C)CC(C)(C)[Si](C)(C)CC(C)(C)[Si](C)C. The van der Waals surface area contributed by atoms with Crippen molar-refractivity contribution in [1.82, 2.24) is 0 Å². The molecule has 1 radical (unpaired) electrons. The van der Waals surface area contributed by atoms with Crippen molar-refractivity contribution < 1.29 is 0 Å². The first-order valence-corrected chi connectivity index (χ1v) is 17.6. The molecule has 0 heterocycles. The molecule has 0 rings (SSSR count). The smallest absolute Gasteiger partial charge is 0.0530 e. The summed E-state index contributed by atoms with van der Waals surface area (Å²) in [6.07, 6.45) is 1.37. The largest absolute Gasteiger partial charge is 0.0709 e. The molecule has 0 atom stereocenters. The molecule has 121 valence electrons. The molecule has 0 saturated carbocycles. The molecular formula is C17H41Si3. The van der Waals surface area contributed by atoms with Gasteiger partial charge < -0.3 is 0 Å². The molecule has 0 aliphatic rings. The molecule has 0 nitrogen and oxygen atoms in total. The third-order valence-electron chi connectivity index (χ3n) is 5.92. The summed E-state index contributed by atoms with van der Waals surface area (Å²) in [6, 6.07) is 4.53. The zero-order valence-corrected chi connectivity index (χ0v) is 19.3. The molecule has 0 N–H and O–H groups in total. The zero-order valence-electron chi connectivity index (χ0n) is 16.3. The minimum absolute atomic E-state index is 0.210. The van der Waals surface area contributed by atoms with Crippen LogP contribution in [-0.2, 0) is 0 Å². The lowest BCUT2D eigenvalue weighted by Gasteiger charge is -2.48. The van der Waals surface area contributed by atoms with E-state index in [4.69, 9.17) is 0 Å². The van der Waals surface area contributed by atoms with Gasteiger partial charge in [-0.1, -0.05) is 98.5 Å². The van der Waals surface area contributed by atoms with E-state index in [-0.39, 0.29) is 8.80 Å². The van der Waals surface area contributed by atoms with Crippen LogP contribution >= 0.6 is 0 Å². The monoisotopic (exact) mass is 329 g/mol. The second-order valence-electron chi connectivity index (χ2n) is 9.92. The Labute approximate surface area is 133 Å². The van der Waals surface area contributed by atoms with E-state index >= 15 is 0 Å². The van der Waals surface area contributed by atoms with E-state index < -0.39 is 16.1 Å². The van der Waals surface area contributed by atoms with Gasteiger partial charge in [0.1, 0.15) is 0 Å². The number of rotatable bonds is 8. The van der Waals surface area contributed by atoms with Gasteiger partial charge in [-0.15, -0.1) is 0 Å². The summed E-state index contributed by atoms with van der Waals surface area (Å²) in [4.78, 5) is 0. The second-order valence-corrected chi connectivity index (χ2v) is 23.9. The maximum atomic E-state index is 2.66. The lowest BCUT2D eigenvalue weighted by molar-refractivity contribution is 0.653. The van der Waals surface area contributed by atoms with Crippen molar-refractivity contribution in [3.05, 3.63) is 0 Å². The van der Waals surface area contributed by atoms with Crippen molar-refractivity contribution in [2.24, 2.45) is 0 Å². The molecule has 0 spiro atoms. The van der Waals surface area contributed by atoms with Gasteiger partial charge in [0.05, 0.1) is 8.07 Å². The summed E-state index contributed by atoms with van der Waals surface area (Å²) in [6.45, 7) is 28.2. The Morgan fingerprint density at radius 2 is 1.30 bits per heavy atom. The van der Waals surface area contributed by atoms with Gasteiger partial charge in [-0.05, 0) is 10.1 Å². The van der Waals surface area contributed by atoms with Gasteiger partial charge in [0.15, 0.2) is 0 Å². The quantitative estimate of drug-likeness (QED) is 0.415. The Morgan fingerprint density at radius 1 is 0.850 bits per heavy atom. The summed E-state index contributed by atoms with van der Waals surface area (Å²) >= 11 is 0. The molecule has 0 aromatic heterocycles. The Hall–Kier alpha value is 0.651. The van der Waals surface area contributed by atoms with E-state index in [0.29, 0.717) is 10.1 Å². The molecule has 0 aliphatic carbocycles. The highest BCUT2D eigenvalue weighted by Crippen LogP contribution is 2.52. The van der Waals surface area contributed by atoms with Crippen LogP contribution in [0.5, 0.6) is 0 Å². The fourth-order valence-electron chi connectivity index (χ4n) is 3.72. The Kier molecular flexibility index (Phi) is 7.05. The molecule has 0 aromatic rings. The van der Waals surface area contributed by atoms with E-state index in [1.165, 1.54) is 24.6 Å². The topological polar surface area (TPSA) is 0 Å². The normalized spacial score (nSPS) is 15.0. The van der Waals surface area contributed by atoms with Crippen molar-refractivity contribution >= 4 is 24.9 Å². The van der Waals surface area contributed by atoms with Crippen LogP contribution in [-0.4, -0.2) is 24.9 Å². The number of hydrogen-bond donors (Lipinski definition) is 0. The number of hydrogen-bond acceptors (Lipinski definition) is 0. The predicted molar refractivity (Wildman–Crippen MR) is 105 cm³/mol. The predicted octanol–water partition coefficient (Wildman–Crippen LogP) is 7.13. The summed E-state index contributed by atoms with van der Waals surface area (Å²) in [7, 11) is -2.43. The van der Waals surface area contributed by atoms with Crippen molar-refractivity contribution in [2.45, 2.75) is 109 Å². The molecule has 0 aromatic carbocycles. The third-order valence-corrected chi connectivity index (χ3v) is 18.8. The molecular weight excluding hydrogens is 288 g/mol. The maximum Gasteiger partial charge on any atom is 0.0530 e. The van der Waals surface area contributed by atoms with Crippen LogP contribution < -0.4 is 0 Å². The Balaban J connectivity index is 5.07. The minimum atomic E-state index is -1.21. The van der Waals surface area contributed by atoms with Crippen LogP contribution in [0.1, 0.15) is 41.0 Å². The van der Waals surface area contributed by atoms with Gasteiger partial charge in [0.2, 0.25) is 0 Å². The summed E-state index contributed by atoms with van der Waals surface area (Å²) < 4.78 is 0. The van der Waals surface area contributed by atoms with Crippen LogP contribution in [0.25, 0.3) is 0 Å². The van der Waals surface area contributed by atoms with Gasteiger partial charge >= 0.3 is 0 Å². The van der Waals surface area contributed by atoms with Crippen LogP contribution in [0.15, 0.2) is 0 Å².